The molecule has 164 valence electrons. The molecule has 0 saturated carbocycles. The Kier molecular flexibility index (Phi) is 6.82. The monoisotopic (exact) mass is 422 g/mol. The molecule has 0 N–H and O–H groups in total. The Morgan fingerprint density at radius 1 is 1.13 bits per heavy atom. The van der Waals surface area contributed by atoms with Gasteiger partial charge in [0.05, 0.1) is 18.4 Å². The quantitative estimate of drug-likeness (QED) is 0.632. The Morgan fingerprint density at radius 2 is 1.87 bits per heavy atom. The lowest BCUT2D eigenvalue weighted by atomic mass is 9.96. The van der Waals surface area contributed by atoms with Gasteiger partial charge in [0.25, 0.3) is 5.91 Å². The largest absolute Gasteiger partial charge is 0.497 e. The Morgan fingerprint density at radius 3 is 2.61 bits per heavy atom. The molecule has 0 radical (unpaired) electrons. The predicted molar refractivity (Wildman–Crippen MR) is 118 cm³/mol. The topological polar surface area (TPSA) is 67.8 Å². The fraction of sp³-hybridized carbons (Fsp3) is 0.458. The molecule has 0 atom stereocenters. The number of fused-ring (bicyclic) bond motifs is 1. The molecule has 7 heteroatoms. The number of aromatic nitrogens is 2. The highest BCUT2D eigenvalue weighted by molar-refractivity contribution is 5.98. The van der Waals surface area contributed by atoms with E-state index in [2.05, 4.69) is 14.9 Å². The summed E-state index contributed by atoms with van der Waals surface area (Å²) in [6.07, 6.45) is 9.52. The van der Waals surface area contributed by atoms with Crippen molar-refractivity contribution in [3.63, 3.8) is 0 Å². The number of piperidine rings is 1. The molecule has 2 aromatic rings. The normalized spacial score (nSPS) is 17.5. The molecule has 0 unspecified atom stereocenters. The van der Waals surface area contributed by atoms with E-state index in [1.807, 2.05) is 30.3 Å². The smallest absolute Gasteiger partial charge is 0.261 e. The van der Waals surface area contributed by atoms with Crippen LogP contribution in [0.5, 0.6) is 11.5 Å². The number of hydrogen-bond acceptors (Lipinski definition) is 6. The van der Waals surface area contributed by atoms with Crippen LogP contribution in [-0.2, 0) is 0 Å². The third kappa shape index (κ3) is 5.05. The van der Waals surface area contributed by atoms with Crippen molar-refractivity contribution in [3.8, 4) is 11.5 Å². The fourth-order valence-corrected chi connectivity index (χ4v) is 4.24. The first-order valence-corrected chi connectivity index (χ1v) is 11.0. The number of nitrogens with zero attached hydrogens (tertiary/aromatic N) is 4. The van der Waals surface area contributed by atoms with E-state index in [1.165, 1.54) is 0 Å². The van der Waals surface area contributed by atoms with Crippen molar-refractivity contribution in [3.05, 3.63) is 60.0 Å². The minimum Gasteiger partial charge on any atom is -0.497 e. The Bertz CT molecular complexity index is 924. The third-order valence-electron chi connectivity index (χ3n) is 6.09. The van der Waals surface area contributed by atoms with Crippen LogP contribution in [-0.4, -0.2) is 59.0 Å². The van der Waals surface area contributed by atoms with E-state index in [1.54, 1.807) is 31.6 Å². The number of carbonyl (C=O) groups is 1. The highest BCUT2D eigenvalue weighted by Gasteiger charge is 2.25. The van der Waals surface area contributed by atoms with Gasteiger partial charge in [-0.2, -0.15) is 0 Å². The maximum absolute atomic E-state index is 13.1. The summed E-state index contributed by atoms with van der Waals surface area (Å²) < 4.78 is 11.0. The Hall–Kier alpha value is -2.93. The average molecular weight is 423 g/mol. The van der Waals surface area contributed by atoms with Crippen LogP contribution in [0.25, 0.3) is 0 Å². The highest BCUT2D eigenvalue weighted by Crippen LogP contribution is 2.30. The summed E-state index contributed by atoms with van der Waals surface area (Å²) in [4.78, 5) is 26.2. The van der Waals surface area contributed by atoms with E-state index in [0.29, 0.717) is 29.5 Å². The molecule has 1 saturated heterocycles. The number of amides is 1. The summed E-state index contributed by atoms with van der Waals surface area (Å²) in [6.45, 7) is 5.81. The zero-order valence-electron chi connectivity index (χ0n) is 18.3. The molecule has 0 spiro atoms. The van der Waals surface area contributed by atoms with E-state index in [0.717, 1.165) is 56.8 Å². The van der Waals surface area contributed by atoms with Crippen LogP contribution in [0, 0.1) is 0 Å². The Balaban J connectivity index is 1.25. The SMILES string of the molecule is COc1ccc2c(c1)OC=C(C)N(CCCCN1CCC(c3ncccn3)CC1)C2=O. The number of hydrogen-bond donors (Lipinski definition) is 0. The molecule has 3 heterocycles. The molecule has 1 amide bonds. The number of benzene rings is 1. The molecule has 1 aromatic carbocycles. The summed E-state index contributed by atoms with van der Waals surface area (Å²) in [5, 5.41) is 0. The molecule has 2 aliphatic heterocycles. The minimum absolute atomic E-state index is 0.0208. The summed E-state index contributed by atoms with van der Waals surface area (Å²) in [5.41, 5.74) is 1.39. The van der Waals surface area contributed by atoms with Crippen molar-refractivity contribution in [1.82, 2.24) is 19.8 Å². The van der Waals surface area contributed by atoms with E-state index >= 15 is 0 Å². The van der Waals surface area contributed by atoms with Gasteiger partial charge in [-0.3, -0.25) is 4.79 Å². The first-order chi connectivity index (χ1) is 15.2. The van der Waals surface area contributed by atoms with Crippen LogP contribution in [0.2, 0.25) is 0 Å². The number of allylic oxidation sites excluding steroid dienone is 1. The molecule has 2 aliphatic rings. The summed E-state index contributed by atoms with van der Waals surface area (Å²) >= 11 is 0. The van der Waals surface area contributed by atoms with Gasteiger partial charge in [-0.15, -0.1) is 0 Å². The zero-order chi connectivity index (χ0) is 21.6. The lowest BCUT2D eigenvalue weighted by Crippen LogP contribution is -2.35. The molecule has 0 aliphatic carbocycles. The molecular weight excluding hydrogens is 392 g/mol. The molecule has 0 bridgehead atoms. The molecule has 1 fully saturated rings. The lowest BCUT2D eigenvalue weighted by Gasteiger charge is -2.31. The van der Waals surface area contributed by atoms with Crippen molar-refractivity contribution < 1.29 is 14.3 Å². The maximum atomic E-state index is 13.1. The molecule has 31 heavy (non-hydrogen) atoms. The second-order valence-electron chi connectivity index (χ2n) is 8.13. The van der Waals surface area contributed by atoms with Crippen LogP contribution in [0.4, 0.5) is 0 Å². The van der Waals surface area contributed by atoms with Gasteiger partial charge in [0.2, 0.25) is 0 Å². The van der Waals surface area contributed by atoms with Crippen LogP contribution >= 0.6 is 0 Å². The molecule has 1 aromatic heterocycles. The van der Waals surface area contributed by atoms with E-state index in [9.17, 15) is 4.79 Å². The van der Waals surface area contributed by atoms with Gasteiger partial charge in [0.1, 0.15) is 23.6 Å². The second-order valence-corrected chi connectivity index (χ2v) is 8.13. The van der Waals surface area contributed by atoms with E-state index < -0.39 is 0 Å². The lowest BCUT2D eigenvalue weighted by molar-refractivity contribution is 0.0804. The number of ether oxygens (including phenoxy) is 2. The van der Waals surface area contributed by atoms with Crippen LogP contribution in [0.1, 0.15) is 54.7 Å². The number of methoxy groups -OCH3 is 1. The first kappa shape index (κ1) is 21.3. The zero-order valence-corrected chi connectivity index (χ0v) is 18.3. The highest BCUT2D eigenvalue weighted by atomic mass is 16.5. The van der Waals surface area contributed by atoms with Gasteiger partial charge < -0.3 is 19.3 Å². The Labute approximate surface area is 183 Å². The van der Waals surface area contributed by atoms with Crippen molar-refractivity contribution in [2.75, 3.05) is 33.3 Å². The van der Waals surface area contributed by atoms with Crippen LogP contribution in [0.15, 0.2) is 48.6 Å². The second kappa shape index (κ2) is 9.92. The van der Waals surface area contributed by atoms with Crippen LogP contribution < -0.4 is 9.47 Å². The number of carbonyl (C=O) groups excluding carboxylic acids is 1. The van der Waals surface area contributed by atoms with Gasteiger partial charge in [0.15, 0.2) is 0 Å². The molecular formula is C24H30N4O3. The minimum atomic E-state index is -0.0208. The van der Waals surface area contributed by atoms with Gasteiger partial charge >= 0.3 is 0 Å². The number of unbranched alkanes of at least 4 members (excludes halogenated alkanes) is 1. The van der Waals surface area contributed by atoms with Gasteiger partial charge in [-0.25, -0.2) is 9.97 Å². The first-order valence-electron chi connectivity index (χ1n) is 11.0. The number of likely N-dealkylation sites (tertiary alicyclic amines) is 1. The van der Waals surface area contributed by atoms with Crippen molar-refractivity contribution in [2.45, 2.75) is 38.5 Å². The van der Waals surface area contributed by atoms with Gasteiger partial charge in [0, 0.05) is 30.9 Å². The predicted octanol–water partition coefficient (Wildman–Crippen LogP) is 3.84. The summed E-state index contributed by atoms with van der Waals surface area (Å²) in [5.74, 6) is 2.64. The summed E-state index contributed by atoms with van der Waals surface area (Å²) in [7, 11) is 1.60. The van der Waals surface area contributed by atoms with Crippen LogP contribution in [0.3, 0.4) is 0 Å². The molecule has 7 nitrogen and oxygen atoms in total. The van der Waals surface area contributed by atoms with Crippen molar-refractivity contribution in [1.29, 1.82) is 0 Å². The van der Waals surface area contributed by atoms with E-state index in [-0.39, 0.29) is 5.91 Å². The number of rotatable bonds is 7. The summed E-state index contributed by atoms with van der Waals surface area (Å²) in [6, 6.07) is 7.19. The maximum Gasteiger partial charge on any atom is 0.261 e. The third-order valence-corrected chi connectivity index (χ3v) is 6.09. The fourth-order valence-electron chi connectivity index (χ4n) is 4.24. The van der Waals surface area contributed by atoms with Gasteiger partial charge in [-0.1, -0.05) is 0 Å². The van der Waals surface area contributed by atoms with E-state index in [4.69, 9.17) is 9.47 Å². The van der Waals surface area contributed by atoms with Gasteiger partial charge in [-0.05, 0) is 70.4 Å². The standard InChI is InChI=1S/C24H30N4O3/c1-18-17-31-22-16-20(30-2)6-7-21(22)24(29)28(18)13-4-3-12-27-14-8-19(9-15-27)23-25-10-5-11-26-23/h5-7,10-11,16-17,19H,3-4,8-9,12-15H2,1-2H3. The van der Waals surface area contributed by atoms with Crippen molar-refractivity contribution in [2.24, 2.45) is 0 Å². The van der Waals surface area contributed by atoms with Crippen molar-refractivity contribution >= 4 is 5.91 Å². The average Bonchev–Trinajstić information content (AvgIpc) is 2.93. The molecule has 4 rings (SSSR count).